The van der Waals surface area contributed by atoms with Gasteiger partial charge in [-0.1, -0.05) is 37.5 Å². The second-order valence-corrected chi connectivity index (χ2v) is 10.9. The molecule has 1 saturated heterocycles. The number of allylic oxidation sites excluding steroid dienone is 1. The van der Waals surface area contributed by atoms with Gasteiger partial charge in [-0.25, -0.2) is 9.07 Å². The highest BCUT2D eigenvalue weighted by Crippen LogP contribution is 2.45. The number of likely N-dealkylation sites (tertiary alicyclic amines) is 1. The number of fused-ring (bicyclic) bond motifs is 1. The van der Waals surface area contributed by atoms with Crippen molar-refractivity contribution in [1.82, 2.24) is 19.7 Å². The fourth-order valence-electron chi connectivity index (χ4n) is 4.73. The average Bonchev–Trinajstić information content (AvgIpc) is 3.36. The third-order valence-electron chi connectivity index (χ3n) is 6.69. The molecule has 0 spiro atoms. The van der Waals surface area contributed by atoms with Crippen LogP contribution in [-0.2, 0) is 4.79 Å². The number of nitrogens with two attached hydrogens (primary N) is 1. The van der Waals surface area contributed by atoms with Gasteiger partial charge in [0, 0.05) is 52.5 Å². The van der Waals surface area contributed by atoms with E-state index in [9.17, 15) is 9.18 Å². The molecule has 2 aromatic heterocycles. The molecule has 1 amide bonds. The lowest BCUT2D eigenvalue weighted by molar-refractivity contribution is -0.132. The Morgan fingerprint density at radius 3 is 2.42 bits per heavy atom. The van der Waals surface area contributed by atoms with Crippen LogP contribution in [0.5, 0.6) is 0 Å². The quantitative estimate of drug-likeness (QED) is 0.362. The highest BCUT2D eigenvalue weighted by Gasteiger charge is 2.35. The van der Waals surface area contributed by atoms with E-state index >= 15 is 0 Å². The number of hydrogen-bond donors (Lipinski definition) is 1. The summed E-state index contributed by atoms with van der Waals surface area (Å²) in [6, 6.07) is 10.3. The molecule has 9 heteroatoms. The lowest BCUT2D eigenvalue weighted by Crippen LogP contribution is -2.42. The maximum atomic E-state index is 13.2. The summed E-state index contributed by atoms with van der Waals surface area (Å²) in [5.74, 6) is 1.06. The van der Waals surface area contributed by atoms with Crippen LogP contribution in [0, 0.1) is 24.6 Å². The molecule has 1 fully saturated rings. The highest BCUT2D eigenvalue weighted by molar-refractivity contribution is 9.12. The van der Waals surface area contributed by atoms with E-state index < -0.39 is 0 Å². The Labute approximate surface area is 221 Å². The van der Waals surface area contributed by atoms with Crippen LogP contribution in [0.25, 0.3) is 28.2 Å². The van der Waals surface area contributed by atoms with Crippen molar-refractivity contribution in [2.75, 3.05) is 13.1 Å². The van der Waals surface area contributed by atoms with Crippen LogP contribution in [0.3, 0.4) is 0 Å². The molecule has 6 nitrogen and oxygen atoms in total. The summed E-state index contributed by atoms with van der Waals surface area (Å²) in [6.07, 6.45) is 14.2. The minimum absolute atomic E-state index is 0.232. The number of amides is 1. The number of piperidine rings is 1. The van der Waals surface area contributed by atoms with Gasteiger partial charge >= 0.3 is 0 Å². The van der Waals surface area contributed by atoms with Gasteiger partial charge in [0.1, 0.15) is 11.6 Å². The van der Waals surface area contributed by atoms with Crippen molar-refractivity contribution in [3.05, 3.63) is 59.1 Å². The maximum absolute atomic E-state index is 13.2. The van der Waals surface area contributed by atoms with Crippen LogP contribution in [0.1, 0.15) is 26.2 Å². The number of pyridine rings is 1. The van der Waals surface area contributed by atoms with E-state index in [1.54, 1.807) is 12.1 Å². The predicted octanol–water partition coefficient (Wildman–Crippen LogP) is 4.81. The van der Waals surface area contributed by atoms with Crippen molar-refractivity contribution in [2.24, 2.45) is 11.7 Å². The molecule has 186 valence electrons. The van der Waals surface area contributed by atoms with Crippen molar-refractivity contribution in [3.63, 3.8) is 0 Å². The zero-order chi connectivity index (χ0) is 25.8. The van der Waals surface area contributed by atoms with Crippen LogP contribution < -0.4 is 11.2 Å². The Kier molecular flexibility index (Phi) is 8.23. The number of hydrogen-bond acceptors (Lipinski definition) is 4. The smallest absolute Gasteiger partial charge is 0.222 e. The molecule has 2 aliphatic rings. The molecule has 2 aliphatic heterocycles. The summed E-state index contributed by atoms with van der Waals surface area (Å²) in [5.41, 5.74) is 11.6. The lowest BCUT2D eigenvalue weighted by Gasteiger charge is -2.38. The van der Waals surface area contributed by atoms with Gasteiger partial charge in [0.05, 0.1) is 17.3 Å². The lowest BCUT2D eigenvalue weighted by atomic mass is 9.92. The van der Waals surface area contributed by atoms with E-state index in [0.717, 1.165) is 58.2 Å². The number of carbonyl (C=O) groups excluding carboxylic acids is 1. The highest BCUT2D eigenvalue weighted by atomic mass is 79.9. The summed E-state index contributed by atoms with van der Waals surface area (Å²) >= 11 is 3.77. The molecular weight excluding hydrogens is 540 g/mol. The maximum Gasteiger partial charge on any atom is 0.222 e. The van der Waals surface area contributed by atoms with Crippen molar-refractivity contribution in [1.29, 1.82) is 0 Å². The summed E-state index contributed by atoms with van der Waals surface area (Å²) in [7, 11) is 0.508. The average molecular weight is 568 g/mol. The van der Waals surface area contributed by atoms with Crippen LogP contribution in [0.2, 0.25) is 0 Å². The molecule has 4 heterocycles. The Balaban J connectivity index is 0.00000148. The molecule has 2 N–H and O–H groups in total. The first-order valence-corrected chi connectivity index (χ1v) is 13.7. The number of aromatic nitrogens is 3. The van der Waals surface area contributed by atoms with E-state index in [1.807, 2.05) is 41.0 Å². The van der Waals surface area contributed by atoms with Gasteiger partial charge in [-0.15, -0.1) is 12.8 Å². The summed E-state index contributed by atoms with van der Waals surface area (Å²) in [5, 5.41) is 4.57. The molecule has 2 atom stereocenters. The number of carbonyl (C=O) groups is 1. The zero-order valence-corrected chi connectivity index (χ0v) is 22.6. The Bertz CT molecular complexity index is 1280. The number of nitrogens with zero attached hydrogens (tertiary/aromatic N) is 4. The molecule has 0 aliphatic carbocycles. The van der Waals surface area contributed by atoms with Crippen molar-refractivity contribution in [3.8, 4) is 35.2 Å². The molecule has 36 heavy (non-hydrogen) atoms. The molecular formula is C27H28BrFN5OP. The van der Waals surface area contributed by atoms with E-state index in [4.69, 9.17) is 5.73 Å². The molecule has 3 aromatic rings. The van der Waals surface area contributed by atoms with Crippen molar-refractivity contribution < 1.29 is 9.18 Å². The molecule has 0 saturated carbocycles. The van der Waals surface area contributed by atoms with Crippen molar-refractivity contribution in [2.45, 2.75) is 31.8 Å². The van der Waals surface area contributed by atoms with Crippen molar-refractivity contribution >= 4 is 41.7 Å². The van der Waals surface area contributed by atoms with Gasteiger partial charge in [-0.05, 0) is 49.1 Å². The summed E-state index contributed by atoms with van der Waals surface area (Å²) < 4.78 is 16.1. The predicted molar refractivity (Wildman–Crippen MR) is 148 cm³/mol. The number of benzene rings is 1. The van der Waals surface area contributed by atoms with Crippen LogP contribution in [0.4, 0.5) is 4.39 Å². The van der Waals surface area contributed by atoms with Gasteiger partial charge in [0.25, 0.3) is 0 Å². The Hall–Kier alpha value is -3.01. The first-order chi connectivity index (χ1) is 17.5. The first kappa shape index (κ1) is 26.1. The zero-order valence-electron chi connectivity index (χ0n) is 20.0. The Morgan fingerprint density at radius 1 is 1.14 bits per heavy atom. The number of rotatable bonds is 4. The van der Waals surface area contributed by atoms with Gasteiger partial charge in [-0.2, -0.15) is 5.10 Å². The van der Waals surface area contributed by atoms with E-state index in [0.29, 0.717) is 26.7 Å². The van der Waals surface area contributed by atoms with Crippen LogP contribution in [0.15, 0.2) is 53.3 Å². The van der Waals surface area contributed by atoms with Gasteiger partial charge in [0.2, 0.25) is 5.91 Å². The monoisotopic (exact) mass is 567 g/mol. The van der Waals surface area contributed by atoms with E-state index in [1.165, 1.54) is 12.1 Å². The largest absolute Gasteiger partial charge is 0.383 e. The third kappa shape index (κ3) is 5.09. The van der Waals surface area contributed by atoms with E-state index in [2.05, 4.69) is 38.9 Å². The Morgan fingerprint density at radius 2 is 1.81 bits per heavy atom. The van der Waals surface area contributed by atoms with Crippen LogP contribution >= 0.6 is 24.5 Å². The van der Waals surface area contributed by atoms with Gasteiger partial charge in [-0.3, -0.25) is 9.78 Å². The van der Waals surface area contributed by atoms with Crippen LogP contribution in [-0.4, -0.2) is 44.3 Å². The molecule has 2 unspecified atom stereocenters. The summed E-state index contributed by atoms with van der Waals surface area (Å²) in [6.45, 7) is 3.53. The topological polar surface area (TPSA) is 77.0 Å². The SMILES string of the molecule is C#C.CCC(=O)N1CCC(C2Pc3c(-c4ccc(-c5ccc(F)cc5)nc4)cnn3C(N)=C2Br)CC1. The molecule has 1 aromatic carbocycles. The normalized spacial score (nSPS) is 18.5. The second-order valence-electron chi connectivity index (χ2n) is 8.68. The first-order valence-electron chi connectivity index (χ1n) is 11.8. The summed E-state index contributed by atoms with van der Waals surface area (Å²) in [4.78, 5) is 18.7. The molecule has 0 radical (unpaired) electrons. The molecule has 0 bridgehead atoms. The standard InChI is InChI=1S/C25H26BrFN5OP.C2H2/c1-2-21(33)31-11-9-16(10-12-31)23-22(26)24(28)32-25(34-23)19(14-30-32)17-5-8-20(29-13-17)15-3-6-18(27)7-4-15;1-2/h3-8,13-14,16,23,34H,2,9-12,28H2,1H3;1-2H. The van der Waals surface area contributed by atoms with Gasteiger partial charge < -0.3 is 10.6 Å². The fourth-order valence-corrected chi connectivity index (χ4v) is 7.42. The fraction of sp³-hybridized carbons (Fsp3) is 0.296. The minimum atomic E-state index is -0.262. The van der Waals surface area contributed by atoms with Gasteiger partial charge in [0.15, 0.2) is 0 Å². The third-order valence-corrected chi connectivity index (χ3v) is 9.84. The van der Waals surface area contributed by atoms with E-state index in [-0.39, 0.29) is 17.4 Å². The number of halogens is 2. The second kappa shape index (κ2) is 11.4. The minimum Gasteiger partial charge on any atom is -0.383 e. The number of terminal acetylenes is 1. The molecule has 5 rings (SSSR count).